The van der Waals surface area contributed by atoms with Gasteiger partial charge < -0.3 is 24.7 Å². The molecule has 2 N–H and O–H groups in total. The second-order valence-electron chi connectivity index (χ2n) is 11.3. The van der Waals surface area contributed by atoms with E-state index in [1.54, 1.807) is 0 Å². The van der Waals surface area contributed by atoms with Crippen molar-refractivity contribution in [3.8, 4) is 34.1 Å². The Balaban J connectivity index is 1.22. The van der Waals surface area contributed by atoms with Crippen molar-refractivity contribution in [2.24, 2.45) is 5.73 Å². The van der Waals surface area contributed by atoms with Crippen LogP contribution in [0.3, 0.4) is 0 Å². The van der Waals surface area contributed by atoms with Crippen molar-refractivity contribution in [2.75, 3.05) is 26.3 Å². The number of likely N-dealkylation sites (tertiary alicyclic amines) is 1. The predicted octanol–water partition coefficient (Wildman–Crippen LogP) is 7.69. The Hall–Kier alpha value is -3.71. The molecule has 1 saturated heterocycles. The highest BCUT2D eigenvalue weighted by atomic mass is 35.5. The standard InChI is InChI=1S/C36H39ClN2O4/c1-25-29(9-6-10-31(25)28-11-12-33-36(19-28)41-16-15-40-33)24-43-35-20-34(42-23-27-8-5-7-26(17-27)21-38)30(18-32(35)37)22-39-13-3-2-4-14-39/h5-12,17-20H,2-4,13-16,21-24,38H2,1H3. The fourth-order valence-corrected chi connectivity index (χ4v) is 6.07. The third kappa shape index (κ3) is 7.10. The topological polar surface area (TPSA) is 66.2 Å². The van der Waals surface area contributed by atoms with Crippen molar-refractivity contribution < 1.29 is 18.9 Å². The van der Waals surface area contributed by atoms with Gasteiger partial charge in [0.15, 0.2) is 11.5 Å². The summed E-state index contributed by atoms with van der Waals surface area (Å²) in [5.74, 6) is 2.97. The summed E-state index contributed by atoms with van der Waals surface area (Å²) in [6, 6.07) is 24.6. The number of benzene rings is 4. The van der Waals surface area contributed by atoms with Crippen LogP contribution in [-0.2, 0) is 26.3 Å². The summed E-state index contributed by atoms with van der Waals surface area (Å²) in [7, 11) is 0. The van der Waals surface area contributed by atoms with Gasteiger partial charge in [0, 0.05) is 24.7 Å². The van der Waals surface area contributed by atoms with E-state index in [-0.39, 0.29) is 0 Å². The lowest BCUT2D eigenvalue weighted by atomic mass is 9.96. The van der Waals surface area contributed by atoms with E-state index < -0.39 is 0 Å². The number of nitrogens with two attached hydrogens (primary N) is 1. The number of piperidine rings is 1. The number of halogens is 1. The van der Waals surface area contributed by atoms with Crippen LogP contribution >= 0.6 is 11.6 Å². The molecule has 0 atom stereocenters. The molecule has 43 heavy (non-hydrogen) atoms. The molecule has 2 aliphatic rings. The summed E-state index contributed by atoms with van der Waals surface area (Å²) in [6.07, 6.45) is 3.74. The fourth-order valence-electron chi connectivity index (χ4n) is 5.83. The molecule has 2 aliphatic heterocycles. The van der Waals surface area contributed by atoms with Crippen molar-refractivity contribution >= 4 is 11.6 Å². The van der Waals surface area contributed by atoms with Crippen LogP contribution in [0.5, 0.6) is 23.0 Å². The van der Waals surface area contributed by atoms with E-state index in [1.807, 2.05) is 36.4 Å². The molecular weight excluding hydrogens is 560 g/mol. The highest BCUT2D eigenvalue weighted by Gasteiger charge is 2.18. The van der Waals surface area contributed by atoms with Gasteiger partial charge in [-0.1, -0.05) is 66.6 Å². The Bertz CT molecular complexity index is 1570. The Morgan fingerprint density at radius 3 is 2.37 bits per heavy atom. The third-order valence-electron chi connectivity index (χ3n) is 8.26. The molecule has 224 valence electrons. The molecule has 4 aromatic carbocycles. The van der Waals surface area contributed by atoms with Gasteiger partial charge in [0.25, 0.3) is 0 Å². The first-order valence-corrected chi connectivity index (χ1v) is 15.5. The normalized spacial score (nSPS) is 14.9. The van der Waals surface area contributed by atoms with E-state index in [0.717, 1.165) is 75.8 Å². The van der Waals surface area contributed by atoms with Crippen molar-refractivity contribution in [2.45, 2.75) is 52.5 Å². The number of ether oxygens (including phenoxy) is 4. The first-order chi connectivity index (χ1) is 21.1. The number of hydrogen-bond donors (Lipinski definition) is 1. The number of rotatable bonds is 10. The SMILES string of the molecule is Cc1c(COc2cc(OCc3cccc(CN)c3)c(CN3CCCCC3)cc2Cl)cccc1-c1ccc2c(c1)OCCO2. The largest absolute Gasteiger partial charge is 0.488 e. The van der Waals surface area contributed by atoms with Crippen LogP contribution in [0.2, 0.25) is 5.02 Å². The first kappa shape index (κ1) is 29.4. The van der Waals surface area contributed by atoms with Gasteiger partial charge in [-0.3, -0.25) is 4.90 Å². The van der Waals surface area contributed by atoms with Crippen LogP contribution in [0.25, 0.3) is 11.1 Å². The van der Waals surface area contributed by atoms with Crippen molar-refractivity contribution in [3.63, 3.8) is 0 Å². The summed E-state index contributed by atoms with van der Waals surface area (Å²) in [4.78, 5) is 2.48. The Kier molecular flexibility index (Phi) is 9.37. The smallest absolute Gasteiger partial charge is 0.161 e. The van der Waals surface area contributed by atoms with E-state index in [0.29, 0.717) is 43.7 Å². The van der Waals surface area contributed by atoms with Gasteiger partial charge in [-0.25, -0.2) is 0 Å². The zero-order valence-corrected chi connectivity index (χ0v) is 25.5. The lowest BCUT2D eigenvalue weighted by Crippen LogP contribution is -2.29. The lowest BCUT2D eigenvalue weighted by molar-refractivity contribution is 0.171. The molecule has 4 aromatic rings. The zero-order chi connectivity index (χ0) is 29.6. The molecular formula is C36H39ClN2O4. The number of nitrogens with zero attached hydrogens (tertiary/aromatic N) is 1. The van der Waals surface area contributed by atoms with Gasteiger partial charge in [0.05, 0.1) is 5.02 Å². The second kappa shape index (κ2) is 13.7. The molecule has 0 unspecified atom stereocenters. The van der Waals surface area contributed by atoms with Crippen LogP contribution in [0.15, 0.2) is 72.8 Å². The van der Waals surface area contributed by atoms with Gasteiger partial charge in [0.2, 0.25) is 0 Å². The molecule has 0 radical (unpaired) electrons. The van der Waals surface area contributed by atoms with Crippen molar-refractivity contribution in [1.82, 2.24) is 4.90 Å². The molecule has 0 spiro atoms. The van der Waals surface area contributed by atoms with Gasteiger partial charge in [-0.05, 0) is 84.4 Å². The molecule has 2 heterocycles. The average molecular weight is 599 g/mol. The average Bonchev–Trinajstić information content (AvgIpc) is 3.05. The van der Waals surface area contributed by atoms with Crippen LogP contribution in [0, 0.1) is 6.92 Å². The number of hydrogen-bond acceptors (Lipinski definition) is 6. The molecule has 0 saturated carbocycles. The van der Waals surface area contributed by atoms with Crippen LogP contribution in [0.4, 0.5) is 0 Å². The monoisotopic (exact) mass is 598 g/mol. The van der Waals surface area contributed by atoms with E-state index in [4.69, 9.17) is 36.3 Å². The highest BCUT2D eigenvalue weighted by molar-refractivity contribution is 6.32. The predicted molar refractivity (Wildman–Crippen MR) is 171 cm³/mol. The second-order valence-corrected chi connectivity index (χ2v) is 11.7. The quantitative estimate of drug-likeness (QED) is 0.202. The molecule has 6 nitrogen and oxygen atoms in total. The lowest BCUT2D eigenvalue weighted by Gasteiger charge is -2.27. The highest BCUT2D eigenvalue weighted by Crippen LogP contribution is 2.38. The van der Waals surface area contributed by atoms with Crippen molar-refractivity contribution in [1.29, 1.82) is 0 Å². The fraction of sp³-hybridized carbons (Fsp3) is 0.333. The van der Waals surface area contributed by atoms with Crippen molar-refractivity contribution in [3.05, 3.63) is 106 Å². The molecule has 0 amide bonds. The first-order valence-electron chi connectivity index (χ1n) is 15.1. The van der Waals surface area contributed by atoms with E-state index in [2.05, 4.69) is 48.2 Å². The molecule has 7 heteroatoms. The summed E-state index contributed by atoms with van der Waals surface area (Å²) in [5, 5.41) is 0.588. The van der Waals surface area contributed by atoms with Gasteiger partial charge >= 0.3 is 0 Å². The molecule has 0 aromatic heterocycles. The minimum atomic E-state index is 0.382. The minimum absolute atomic E-state index is 0.382. The number of fused-ring (bicyclic) bond motifs is 1. The molecule has 0 bridgehead atoms. The van der Waals surface area contributed by atoms with Crippen LogP contribution in [0.1, 0.15) is 47.1 Å². The van der Waals surface area contributed by atoms with Gasteiger partial charge in [-0.2, -0.15) is 0 Å². The molecule has 0 aliphatic carbocycles. The Morgan fingerprint density at radius 2 is 1.53 bits per heavy atom. The maximum Gasteiger partial charge on any atom is 0.161 e. The maximum absolute atomic E-state index is 6.84. The zero-order valence-electron chi connectivity index (χ0n) is 24.7. The Labute approximate surface area is 259 Å². The van der Waals surface area contributed by atoms with Gasteiger partial charge in [0.1, 0.15) is 37.9 Å². The summed E-state index contributed by atoms with van der Waals surface area (Å²) in [5.41, 5.74) is 13.5. The molecule has 1 fully saturated rings. The summed E-state index contributed by atoms with van der Waals surface area (Å²) in [6.45, 7) is 7.57. The summed E-state index contributed by atoms with van der Waals surface area (Å²) < 4.78 is 24.3. The van der Waals surface area contributed by atoms with E-state index >= 15 is 0 Å². The minimum Gasteiger partial charge on any atom is -0.488 e. The van der Waals surface area contributed by atoms with Gasteiger partial charge in [-0.15, -0.1) is 0 Å². The van der Waals surface area contributed by atoms with Crippen LogP contribution < -0.4 is 24.7 Å². The van der Waals surface area contributed by atoms with Crippen LogP contribution in [-0.4, -0.2) is 31.2 Å². The van der Waals surface area contributed by atoms with E-state index in [9.17, 15) is 0 Å². The Morgan fingerprint density at radius 1 is 0.767 bits per heavy atom. The molecule has 6 rings (SSSR count). The maximum atomic E-state index is 6.84. The summed E-state index contributed by atoms with van der Waals surface area (Å²) >= 11 is 6.84. The van der Waals surface area contributed by atoms with E-state index in [1.165, 1.54) is 19.3 Å². The third-order valence-corrected chi connectivity index (χ3v) is 8.56.